The van der Waals surface area contributed by atoms with Crippen molar-refractivity contribution >= 4 is 5.97 Å². The smallest absolute Gasteiger partial charge is 0.334 e. The number of ether oxygens (including phenoxy) is 2. The summed E-state index contributed by atoms with van der Waals surface area (Å²) in [7, 11) is 2.87. The molecule has 0 spiro atoms. The molecule has 1 unspecified atom stereocenters. The molecule has 5 heteroatoms. The maximum Gasteiger partial charge on any atom is 0.334 e. The zero-order chi connectivity index (χ0) is 13.4. The van der Waals surface area contributed by atoms with Gasteiger partial charge in [0.05, 0.1) is 14.2 Å². The summed E-state index contributed by atoms with van der Waals surface area (Å²) in [6.07, 6.45) is 1.85. The number of aryl methyl sites for hydroxylation is 1. The van der Waals surface area contributed by atoms with E-state index in [2.05, 4.69) is 9.91 Å². The number of carbonyl (C=O) groups excluding carboxylic acids is 1. The quantitative estimate of drug-likeness (QED) is 0.551. The summed E-state index contributed by atoms with van der Waals surface area (Å²) < 4.78 is 9.61. The lowest BCUT2D eigenvalue weighted by Gasteiger charge is -2.07. The highest BCUT2D eigenvalue weighted by molar-refractivity contribution is 5.75. The SMILES string of the molecule is COC(=O)C(CCCc1cccc(OC)c1)N=O. The van der Waals surface area contributed by atoms with Gasteiger partial charge in [0.1, 0.15) is 5.75 Å². The number of esters is 1. The van der Waals surface area contributed by atoms with Gasteiger partial charge in [-0.3, -0.25) is 0 Å². The number of benzene rings is 1. The number of nitroso groups, excluding NO2 is 1. The molecule has 0 aliphatic rings. The van der Waals surface area contributed by atoms with E-state index < -0.39 is 12.0 Å². The van der Waals surface area contributed by atoms with Gasteiger partial charge >= 0.3 is 5.97 Å². The number of carbonyl (C=O) groups is 1. The molecule has 0 saturated carbocycles. The number of nitrogens with zero attached hydrogens (tertiary/aromatic N) is 1. The highest BCUT2D eigenvalue weighted by Gasteiger charge is 2.18. The van der Waals surface area contributed by atoms with Crippen LogP contribution in [0, 0.1) is 4.91 Å². The fraction of sp³-hybridized carbons (Fsp3) is 0.462. The number of rotatable bonds is 7. The van der Waals surface area contributed by atoms with Crippen LogP contribution in [-0.4, -0.2) is 26.2 Å². The summed E-state index contributed by atoms with van der Waals surface area (Å²) in [5.74, 6) is 0.223. The molecule has 0 amide bonds. The third-order valence-electron chi connectivity index (χ3n) is 2.68. The Kier molecular flexibility index (Phi) is 5.84. The molecule has 1 aromatic carbocycles. The average molecular weight is 251 g/mol. The van der Waals surface area contributed by atoms with Gasteiger partial charge in [0.25, 0.3) is 0 Å². The fourth-order valence-corrected chi connectivity index (χ4v) is 1.68. The molecule has 5 nitrogen and oxygen atoms in total. The minimum absolute atomic E-state index is 0.396. The van der Waals surface area contributed by atoms with Crippen molar-refractivity contribution in [3.63, 3.8) is 0 Å². The molecule has 0 aromatic heterocycles. The molecule has 0 aliphatic carbocycles. The molecule has 0 radical (unpaired) electrons. The van der Waals surface area contributed by atoms with Crippen molar-refractivity contribution in [2.45, 2.75) is 25.3 Å². The van der Waals surface area contributed by atoms with Crippen molar-refractivity contribution in [2.24, 2.45) is 5.18 Å². The average Bonchev–Trinajstić information content (AvgIpc) is 2.43. The Balaban J connectivity index is 2.45. The molecule has 18 heavy (non-hydrogen) atoms. The van der Waals surface area contributed by atoms with Gasteiger partial charge in [-0.1, -0.05) is 17.3 Å². The van der Waals surface area contributed by atoms with Gasteiger partial charge in [0.15, 0.2) is 6.04 Å². The topological polar surface area (TPSA) is 65.0 Å². The lowest BCUT2D eigenvalue weighted by Crippen LogP contribution is -2.19. The summed E-state index contributed by atoms with van der Waals surface area (Å²) in [4.78, 5) is 21.6. The molecule has 0 saturated heterocycles. The predicted octanol–water partition coefficient (Wildman–Crippen LogP) is 2.33. The van der Waals surface area contributed by atoms with Crippen LogP contribution < -0.4 is 4.74 Å². The van der Waals surface area contributed by atoms with Crippen LogP contribution in [0.1, 0.15) is 18.4 Å². The van der Waals surface area contributed by atoms with Crippen LogP contribution >= 0.6 is 0 Å². The van der Waals surface area contributed by atoms with E-state index in [4.69, 9.17) is 4.74 Å². The van der Waals surface area contributed by atoms with Crippen LogP contribution in [0.2, 0.25) is 0 Å². The van der Waals surface area contributed by atoms with E-state index in [9.17, 15) is 9.70 Å². The van der Waals surface area contributed by atoms with Crippen molar-refractivity contribution in [2.75, 3.05) is 14.2 Å². The largest absolute Gasteiger partial charge is 0.497 e. The Morgan fingerprint density at radius 3 is 2.78 bits per heavy atom. The highest BCUT2D eigenvalue weighted by Crippen LogP contribution is 2.15. The van der Waals surface area contributed by atoms with Crippen LogP contribution in [0.15, 0.2) is 29.4 Å². The Bertz CT molecular complexity index is 406. The molecule has 0 N–H and O–H groups in total. The summed E-state index contributed by atoms with van der Waals surface area (Å²) in [6, 6.07) is 6.78. The Morgan fingerprint density at radius 2 is 2.17 bits per heavy atom. The molecule has 98 valence electrons. The van der Waals surface area contributed by atoms with Gasteiger partial charge in [-0.25, -0.2) is 4.79 Å². The Hall–Kier alpha value is -1.91. The minimum atomic E-state index is -0.902. The number of methoxy groups -OCH3 is 2. The maximum atomic E-state index is 11.1. The fourth-order valence-electron chi connectivity index (χ4n) is 1.68. The van der Waals surface area contributed by atoms with Gasteiger partial charge in [-0.05, 0) is 37.0 Å². The first-order valence-corrected chi connectivity index (χ1v) is 5.74. The van der Waals surface area contributed by atoms with E-state index >= 15 is 0 Å². The molecule has 0 aliphatic heterocycles. The van der Waals surface area contributed by atoms with Crippen LogP contribution in [0.3, 0.4) is 0 Å². The second-order valence-electron chi connectivity index (χ2n) is 3.89. The summed E-state index contributed by atoms with van der Waals surface area (Å²) in [5, 5.41) is 2.77. The summed E-state index contributed by atoms with van der Waals surface area (Å²) in [6.45, 7) is 0. The number of hydrogen-bond acceptors (Lipinski definition) is 5. The third kappa shape index (κ3) is 4.16. The first-order chi connectivity index (χ1) is 8.71. The first kappa shape index (κ1) is 14.2. The lowest BCUT2D eigenvalue weighted by molar-refractivity contribution is -0.142. The van der Waals surface area contributed by atoms with Gasteiger partial charge < -0.3 is 9.47 Å². The normalized spacial score (nSPS) is 11.7. The Morgan fingerprint density at radius 1 is 1.39 bits per heavy atom. The zero-order valence-electron chi connectivity index (χ0n) is 10.6. The second kappa shape index (κ2) is 7.42. The van der Waals surface area contributed by atoms with E-state index in [0.29, 0.717) is 12.8 Å². The number of hydrogen-bond donors (Lipinski definition) is 0. The van der Waals surface area contributed by atoms with Crippen LogP contribution in [0.5, 0.6) is 5.75 Å². The lowest BCUT2D eigenvalue weighted by atomic mass is 10.0. The van der Waals surface area contributed by atoms with Crippen molar-refractivity contribution in [3.8, 4) is 5.75 Å². The molecule has 1 rings (SSSR count). The monoisotopic (exact) mass is 251 g/mol. The summed E-state index contributed by atoms with van der Waals surface area (Å²) >= 11 is 0. The second-order valence-corrected chi connectivity index (χ2v) is 3.89. The third-order valence-corrected chi connectivity index (χ3v) is 2.68. The minimum Gasteiger partial charge on any atom is -0.497 e. The molecular weight excluding hydrogens is 234 g/mol. The van der Waals surface area contributed by atoms with Crippen molar-refractivity contribution < 1.29 is 14.3 Å². The first-order valence-electron chi connectivity index (χ1n) is 5.74. The molecule has 0 bridgehead atoms. The van der Waals surface area contributed by atoms with E-state index in [1.807, 2.05) is 24.3 Å². The standard InChI is InChI=1S/C13H17NO4/c1-17-11-7-3-5-10(9-11)6-4-8-12(14-16)13(15)18-2/h3,5,7,9,12H,4,6,8H2,1-2H3. The van der Waals surface area contributed by atoms with E-state index in [1.165, 1.54) is 7.11 Å². The molecule has 1 aromatic rings. The van der Waals surface area contributed by atoms with E-state index in [1.54, 1.807) is 7.11 Å². The van der Waals surface area contributed by atoms with Gasteiger partial charge in [-0.15, -0.1) is 4.91 Å². The van der Waals surface area contributed by atoms with Gasteiger partial charge in [0, 0.05) is 0 Å². The highest BCUT2D eigenvalue weighted by atomic mass is 16.5. The van der Waals surface area contributed by atoms with Crippen LogP contribution in [0.25, 0.3) is 0 Å². The molecule has 0 heterocycles. The Labute approximate surface area is 106 Å². The van der Waals surface area contributed by atoms with E-state index in [-0.39, 0.29) is 0 Å². The molecule has 0 fully saturated rings. The van der Waals surface area contributed by atoms with Crippen molar-refractivity contribution in [1.82, 2.24) is 0 Å². The van der Waals surface area contributed by atoms with Crippen LogP contribution in [-0.2, 0) is 16.0 Å². The maximum absolute atomic E-state index is 11.1. The predicted molar refractivity (Wildman–Crippen MR) is 67.5 cm³/mol. The molecule has 1 atom stereocenters. The van der Waals surface area contributed by atoms with E-state index in [0.717, 1.165) is 17.7 Å². The summed E-state index contributed by atoms with van der Waals surface area (Å²) in [5.41, 5.74) is 1.10. The zero-order valence-corrected chi connectivity index (χ0v) is 10.6. The van der Waals surface area contributed by atoms with Gasteiger partial charge in [0.2, 0.25) is 0 Å². The van der Waals surface area contributed by atoms with Crippen LogP contribution in [0.4, 0.5) is 0 Å². The van der Waals surface area contributed by atoms with Crippen molar-refractivity contribution in [3.05, 3.63) is 34.7 Å². The van der Waals surface area contributed by atoms with Crippen molar-refractivity contribution in [1.29, 1.82) is 0 Å². The molecular formula is C13H17NO4. The van der Waals surface area contributed by atoms with Gasteiger partial charge in [-0.2, -0.15) is 0 Å².